The third-order valence-electron chi connectivity index (χ3n) is 1.79. The Labute approximate surface area is 65.9 Å². The second-order valence-electron chi connectivity index (χ2n) is 2.45. The van der Waals surface area contributed by atoms with Crippen LogP contribution in [0.15, 0.2) is 9.59 Å². The van der Waals surface area contributed by atoms with E-state index in [-0.39, 0.29) is 5.12 Å². The maximum absolute atomic E-state index is 11.0. The monoisotopic (exact) mass is 171 g/mol. The molecule has 1 fully saturated rings. The van der Waals surface area contributed by atoms with Gasteiger partial charge < -0.3 is 0 Å². The van der Waals surface area contributed by atoms with Gasteiger partial charge in [0.1, 0.15) is 6.04 Å². The number of thioether (sulfide) groups is 1. The van der Waals surface area contributed by atoms with Crippen LogP contribution < -0.4 is 11.1 Å². The largest absolute Gasteiger partial charge is 0.320 e. The first-order valence-corrected chi connectivity index (χ1v) is 4.24. The number of carbonyl (C=O) groups is 1. The average molecular weight is 171 g/mol. The van der Waals surface area contributed by atoms with Crippen LogP contribution >= 0.6 is 11.8 Å². The highest BCUT2D eigenvalue weighted by Gasteiger charge is 2.34. The molecule has 5 heteroatoms. The van der Waals surface area contributed by atoms with Gasteiger partial charge in [0.05, 0.1) is 0 Å². The summed E-state index contributed by atoms with van der Waals surface area (Å²) in [7, 11) is 0. The van der Waals surface area contributed by atoms with E-state index in [1.807, 2.05) is 0 Å². The Morgan fingerprint density at radius 3 is 2.27 bits per heavy atom. The van der Waals surface area contributed by atoms with Gasteiger partial charge in [-0.25, -0.2) is 0 Å². The molecule has 2 rings (SSSR count). The van der Waals surface area contributed by atoms with E-state index in [1.165, 1.54) is 11.8 Å². The van der Waals surface area contributed by atoms with Crippen molar-refractivity contribution in [3.8, 4) is 0 Å². The highest BCUT2D eigenvalue weighted by Crippen LogP contribution is 2.28. The number of carbonyl (C=O) groups excluding carboxylic acids is 1. The topological polar surface area (TPSA) is 56.1 Å². The summed E-state index contributed by atoms with van der Waals surface area (Å²) in [6.45, 7) is 0. The van der Waals surface area contributed by atoms with E-state index in [2.05, 4.69) is 0 Å². The molecular formula is C6H5NO3S. The minimum absolute atomic E-state index is 0.0517. The molecule has 0 radical (unpaired) electrons. The molecule has 11 heavy (non-hydrogen) atoms. The third kappa shape index (κ3) is 0.875. The predicted molar refractivity (Wildman–Crippen MR) is 40.5 cm³/mol. The molecule has 1 atom stereocenters. The molecule has 0 unspecified atom stereocenters. The second-order valence-corrected chi connectivity index (χ2v) is 3.55. The third-order valence-corrected chi connectivity index (χ3v) is 2.79. The van der Waals surface area contributed by atoms with Crippen LogP contribution in [0.25, 0.3) is 0 Å². The van der Waals surface area contributed by atoms with Gasteiger partial charge in [-0.05, 0) is 6.42 Å². The summed E-state index contributed by atoms with van der Waals surface area (Å²) >= 11 is 1.19. The molecule has 0 spiro atoms. The smallest absolute Gasteiger partial charge is 0.285 e. The molecule has 1 aliphatic heterocycles. The summed E-state index contributed by atoms with van der Waals surface area (Å²) in [5.74, 6) is 0.723. The molecule has 0 aliphatic carbocycles. The van der Waals surface area contributed by atoms with Gasteiger partial charge in [-0.1, -0.05) is 11.8 Å². The van der Waals surface area contributed by atoms with Crippen molar-refractivity contribution in [2.24, 2.45) is 0 Å². The van der Waals surface area contributed by atoms with E-state index in [0.29, 0.717) is 6.42 Å². The van der Waals surface area contributed by atoms with E-state index in [9.17, 15) is 14.4 Å². The first kappa shape index (κ1) is 6.84. The lowest BCUT2D eigenvalue weighted by molar-refractivity contribution is -0.113. The van der Waals surface area contributed by atoms with Gasteiger partial charge in [0.25, 0.3) is 0 Å². The van der Waals surface area contributed by atoms with E-state index in [4.69, 9.17) is 0 Å². The zero-order chi connectivity index (χ0) is 8.01. The first-order chi connectivity index (χ1) is 5.22. The Bertz CT molecular complexity index is 348. The normalized spacial score (nSPS) is 25.1. The van der Waals surface area contributed by atoms with Gasteiger partial charge in [0.15, 0.2) is 0 Å². The predicted octanol–water partition coefficient (Wildman–Crippen LogP) is -0.711. The number of aromatic nitrogens is 1. The Hall–Kier alpha value is -0.840. The number of rotatable bonds is 1. The minimum Gasteiger partial charge on any atom is -0.285 e. The van der Waals surface area contributed by atoms with Crippen LogP contribution in [0, 0.1) is 0 Å². The minimum atomic E-state index is -0.508. The fourth-order valence-corrected chi connectivity index (χ4v) is 2.11. The van der Waals surface area contributed by atoms with Crippen molar-refractivity contribution in [2.45, 2.75) is 12.5 Å². The van der Waals surface area contributed by atoms with Crippen molar-refractivity contribution < 1.29 is 4.79 Å². The second kappa shape index (κ2) is 2.07. The highest BCUT2D eigenvalue weighted by atomic mass is 32.2. The van der Waals surface area contributed by atoms with Crippen LogP contribution in [-0.2, 0) is 4.79 Å². The molecule has 4 nitrogen and oxygen atoms in total. The summed E-state index contributed by atoms with van der Waals surface area (Å²) in [4.78, 5) is 32.1. The summed E-state index contributed by atoms with van der Waals surface area (Å²) in [6, 6.07) is -0.444. The van der Waals surface area contributed by atoms with Gasteiger partial charge in [-0.15, -0.1) is 0 Å². The Balaban J connectivity index is 2.31. The van der Waals surface area contributed by atoms with E-state index < -0.39 is 17.2 Å². The summed E-state index contributed by atoms with van der Waals surface area (Å²) in [6.07, 6.45) is 0.626. The molecule has 0 amide bonds. The number of nitrogens with zero attached hydrogens (tertiary/aromatic N) is 1. The van der Waals surface area contributed by atoms with Crippen LogP contribution in [-0.4, -0.2) is 15.4 Å². The Morgan fingerprint density at radius 1 is 1.27 bits per heavy atom. The molecule has 1 aromatic heterocycles. The molecule has 2 heterocycles. The molecule has 1 aromatic rings. The van der Waals surface area contributed by atoms with Gasteiger partial charge in [0.2, 0.25) is 5.12 Å². The first-order valence-electron chi connectivity index (χ1n) is 3.26. The fraction of sp³-hybridized carbons (Fsp3) is 0.500. The Kier molecular flexibility index (Phi) is 1.29. The lowest BCUT2D eigenvalue weighted by Crippen LogP contribution is -2.10. The van der Waals surface area contributed by atoms with Gasteiger partial charge in [-0.2, -0.15) is 0 Å². The zero-order valence-electron chi connectivity index (χ0n) is 5.57. The summed E-state index contributed by atoms with van der Waals surface area (Å²) in [5.41, 5.74) is -1.02. The van der Waals surface area contributed by atoms with Crippen molar-refractivity contribution in [3.05, 3.63) is 20.7 Å². The van der Waals surface area contributed by atoms with Crippen molar-refractivity contribution in [3.63, 3.8) is 0 Å². The molecule has 58 valence electrons. The van der Waals surface area contributed by atoms with Crippen LogP contribution in [0.4, 0.5) is 0 Å². The van der Waals surface area contributed by atoms with Crippen molar-refractivity contribution in [2.75, 3.05) is 5.75 Å². The van der Waals surface area contributed by atoms with Gasteiger partial charge in [-0.3, -0.25) is 19.0 Å². The number of hydrogen-bond acceptors (Lipinski definition) is 4. The van der Waals surface area contributed by atoms with Crippen LogP contribution in [0.5, 0.6) is 0 Å². The van der Waals surface area contributed by atoms with Crippen LogP contribution in [0.3, 0.4) is 0 Å². The van der Waals surface area contributed by atoms with E-state index in [0.717, 1.165) is 10.3 Å². The van der Waals surface area contributed by atoms with Gasteiger partial charge >= 0.3 is 11.1 Å². The molecule has 1 aliphatic rings. The van der Waals surface area contributed by atoms with E-state index in [1.54, 1.807) is 0 Å². The van der Waals surface area contributed by atoms with Crippen molar-refractivity contribution in [1.82, 2.24) is 4.57 Å². The molecule has 1 saturated heterocycles. The van der Waals surface area contributed by atoms with Crippen LogP contribution in [0.2, 0.25) is 0 Å². The fourth-order valence-electron chi connectivity index (χ4n) is 1.15. The number of hydrogen-bond donors (Lipinski definition) is 0. The van der Waals surface area contributed by atoms with Crippen molar-refractivity contribution in [1.29, 1.82) is 0 Å². The van der Waals surface area contributed by atoms with E-state index >= 15 is 0 Å². The molecule has 0 aromatic carbocycles. The lowest BCUT2D eigenvalue weighted by atomic mass is 10.3. The Morgan fingerprint density at radius 2 is 1.91 bits per heavy atom. The molecule has 0 bridgehead atoms. The summed E-state index contributed by atoms with van der Waals surface area (Å²) < 4.78 is 1.04. The standard InChI is InChI=1S/C6H5NO3S/c8-4-5(9)7(4)3-1-2-11-6(3)10/h3H,1-2H2/t3-/m0/s1. The zero-order valence-corrected chi connectivity index (χ0v) is 6.39. The SMILES string of the molecule is O=C1SCC[C@@H]1n1c(=O)c1=O. The summed E-state index contributed by atoms with van der Waals surface area (Å²) in [5, 5.41) is -0.0517. The highest BCUT2D eigenvalue weighted by molar-refractivity contribution is 8.14. The lowest BCUT2D eigenvalue weighted by Gasteiger charge is -1.97. The average Bonchev–Trinajstić information content (AvgIpc) is 2.44. The maximum Gasteiger partial charge on any atom is 0.320 e. The molecule has 0 N–H and O–H groups in total. The van der Waals surface area contributed by atoms with Crippen LogP contribution in [0.1, 0.15) is 12.5 Å². The molecular weight excluding hydrogens is 166 g/mol. The van der Waals surface area contributed by atoms with Gasteiger partial charge in [0, 0.05) is 5.75 Å². The molecule has 0 saturated carbocycles. The van der Waals surface area contributed by atoms with Crippen molar-refractivity contribution >= 4 is 16.9 Å². The quantitative estimate of drug-likeness (QED) is 0.524. The maximum atomic E-state index is 11.0.